The van der Waals surface area contributed by atoms with E-state index in [4.69, 9.17) is 0 Å². The summed E-state index contributed by atoms with van der Waals surface area (Å²) in [4.78, 5) is 1.54. The van der Waals surface area contributed by atoms with Gasteiger partial charge in [-0.05, 0) is 67.5 Å². The Morgan fingerprint density at radius 2 is 2.20 bits per heavy atom. The predicted octanol–water partition coefficient (Wildman–Crippen LogP) is 4.29. The number of benzene rings is 1. The Hall–Kier alpha value is -0.470. The quantitative estimate of drug-likeness (QED) is 0.886. The molecule has 2 aliphatic carbocycles. The summed E-state index contributed by atoms with van der Waals surface area (Å²) in [6, 6.07) is 9.10. The van der Waals surface area contributed by atoms with Crippen LogP contribution in [0.3, 0.4) is 0 Å². The summed E-state index contributed by atoms with van der Waals surface area (Å²) >= 11 is 2.08. The molecule has 1 aromatic rings. The number of fused-ring (bicyclic) bond motifs is 3. The van der Waals surface area contributed by atoms with Crippen LogP contribution in [0, 0.1) is 17.3 Å². The molecule has 1 aromatic carbocycles. The van der Waals surface area contributed by atoms with Crippen molar-refractivity contribution in [3.8, 4) is 0 Å². The molecule has 1 N–H and O–H groups in total. The first kappa shape index (κ1) is 13.2. The zero-order valence-electron chi connectivity index (χ0n) is 12.4. The Labute approximate surface area is 126 Å². The van der Waals surface area contributed by atoms with E-state index < -0.39 is 0 Å². The van der Waals surface area contributed by atoms with Gasteiger partial charge in [0.25, 0.3) is 0 Å². The lowest BCUT2D eigenvalue weighted by Gasteiger charge is -2.40. The zero-order valence-corrected chi connectivity index (χ0v) is 13.2. The highest BCUT2D eigenvalue weighted by molar-refractivity contribution is 7.99. The zero-order chi connectivity index (χ0) is 13.6. The second-order valence-electron chi connectivity index (χ2n) is 7.22. The molecule has 3 aliphatic rings. The monoisotopic (exact) mass is 287 g/mol. The van der Waals surface area contributed by atoms with Crippen LogP contribution in [0.2, 0.25) is 0 Å². The molecule has 1 nitrogen and oxygen atoms in total. The van der Waals surface area contributed by atoms with Gasteiger partial charge in [0.1, 0.15) is 0 Å². The molecule has 0 spiro atoms. The highest BCUT2D eigenvalue weighted by Crippen LogP contribution is 2.60. The second kappa shape index (κ2) is 5.06. The lowest BCUT2D eigenvalue weighted by Crippen LogP contribution is -2.38. The summed E-state index contributed by atoms with van der Waals surface area (Å²) in [7, 11) is 2.14. The average Bonchev–Trinajstić information content (AvgIpc) is 3.14. The Morgan fingerprint density at radius 3 is 2.95 bits per heavy atom. The van der Waals surface area contributed by atoms with E-state index in [0.717, 1.165) is 17.8 Å². The molecule has 2 fully saturated rings. The molecule has 0 aromatic heterocycles. The van der Waals surface area contributed by atoms with Crippen LogP contribution in [0.5, 0.6) is 0 Å². The van der Waals surface area contributed by atoms with Crippen LogP contribution >= 0.6 is 11.8 Å². The first-order valence-electron chi connectivity index (χ1n) is 8.17. The standard InChI is InChI=1S/C18H25NS/c1-19-12-18(9-13-6-7-15(18)8-13)10-14-11-20-17-5-3-2-4-16(14)17/h2-5,13-15,19H,6-12H2,1H3. The average molecular weight is 287 g/mol. The molecule has 4 unspecified atom stereocenters. The van der Waals surface area contributed by atoms with Crippen molar-refractivity contribution in [2.45, 2.75) is 42.9 Å². The maximum absolute atomic E-state index is 3.53. The molecular formula is C18H25NS. The van der Waals surface area contributed by atoms with Crippen LogP contribution in [-0.4, -0.2) is 19.3 Å². The highest BCUT2D eigenvalue weighted by atomic mass is 32.2. The molecule has 108 valence electrons. The van der Waals surface area contributed by atoms with Crippen LogP contribution < -0.4 is 5.32 Å². The smallest absolute Gasteiger partial charge is 0.0107 e. The summed E-state index contributed by atoms with van der Waals surface area (Å²) in [6.45, 7) is 1.23. The molecule has 2 saturated carbocycles. The van der Waals surface area contributed by atoms with E-state index in [1.807, 2.05) is 0 Å². The first-order valence-corrected chi connectivity index (χ1v) is 9.16. The predicted molar refractivity (Wildman–Crippen MR) is 86.3 cm³/mol. The fraction of sp³-hybridized carbons (Fsp3) is 0.667. The number of hydrogen-bond acceptors (Lipinski definition) is 2. The van der Waals surface area contributed by atoms with Gasteiger partial charge in [0, 0.05) is 17.2 Å². The van der Waals surface area contributed by atoms with Crippen LogP contribution in [0.25, 0.3) is 0 Å². The molecule has 20 heavy (non-hydrogen) atoms. The van der Waals surface area contributed by atoms with E-state index in [1.54, 1.807) is 10.5 Å². The van der Waals surface area contributed by atoms with Gasteiger partial charge in [-0.1, -0.05) is 24.6 Å². The van der Waals surface area contributed by atoms with Crippen LogP contribution in [0.1, 0.15) is 43.6 Å². The summed E-state index contributed by atoms with van der Waals surface area (Å²) in [6.07, 6.45) is 7.42. The van der Waals surface area contributed by atoms with Crippen LogP contribution in [-0.2, 0) is 0 Å². The normalized spacial score (nSPS) is 38.4. The Balaban J connectivity index is 1.58. The Bertz CT molecular complexity index is 500. The molecule has 2 bridgehead atoms. The molecule has 1 aliphatic heterocycles. The third-order valence-corrected chi connectivity index (χ3v) is 7.33. The Kier molecular flexibility index (Phi) is 3.35. The van der Waals surface area contributed by atoms with E-state index in [0.29, 0.717) is 5.41 Å². The third kappa shape index (κ3) is 2.03. The largest absolute Gasteiger partial charge is 0.319 e. The maximum atomic E-state index is 3.53. The van der Waals surface area contributed by atoms with Gasteiger partial charge < -0.3 is 5.32 Å². The molecule has 4 rings (SSSR count). The molecule has 1 heterocycles. The molecular weight excluding hydrogens is 262 g/mol. The topological polar surface area (TPSA) is 12.0 Å². The van der Waals surface area contributed by atoms with Crippen LogP contribution in [0.15, 0.2) is 29.2 Å². The van der Waals surface area contributed by atoms with Crippen molar-refractivity contribution in [3.63, 3.8) is 0 Å². The van der Waals surface area contributed by atoms with Gasteiger partial charge in [-0.3, -0.25) is 0 Å². The van der Waals surface area contributed by atoms with Gasteiger partial charge in [0.15, 0.2) is 0 Å². The van der Waals surface area contributed by atoms with E-state index in [-0.39, 0.29) is 0 Å². The molecule has 2 heteroatoms. The third-order valence-electron chi connectivity index (χ3n) is 6.08. The number of nitrogens with one attached hydrogen (secondary N) is 1. The molecule has 0 radical (unpaired) electrons. The fourth-order valence-corrected chi connectivity index (χ4v) is 6.59. The van der Waals surface area contributed by atoms with Crippen molar-refractivity contribution < 1.29 is 0 Å². The lowest BCUT2D eigenvalue weighted by atomic mass is 9.67. The summed E-state index contributed by atoms with van der Waals surface area (Å²) < 4.78 is 0. The van der Waals surface area contributed by atoms with Gasteiger partial charge in [-0.15, -0.1) is 11.8 Å². The molecule has 0 saturated heterocycles. The van der Waals surface area contributed by atoms with Gasteiger partial charge >= 0.3 is 0 Å². The number of rotatable bonds is 4. The fourth-order valence-electron chi connectivity index (χ4n) is 5.34. The summed E-state index contributed by atoms with van der Waals surface area (Å²) in [5.74, 6) is 4.14. The maximum Gasteiger partial charge on any atom is 0.0107 e. The lowest BCUT2D eigenvalue weighted by molar-refractivity contribution is 0.137. The number of hydrogen-bond donors (Lipinski definition) is 1. The van der Waals surface area contributed by atoms with E-state index in [9.17, 15) is 0 Å². The van der Waals surface area contributed by atoms with Crippen molar-refractivity contribution in [1.29, 1.82) is 0 Å². The van der Waals surface area contributed by atoms with Crippen molar-refractivity contribution in [2.75, 3.05) is 19.3 Å². The van der Waals surface area contributed by atoms with Gasteiger partial charge in [-0.2, -0.15) is 0 Å². The van der Waals surface area contributed by atoms with Gasteiger partial charge in [0.05, 0.1) is 0 Å². The molecule has 4 atom stereocenters. The minimum absolute atomic E-state index is 0.598. The summed E-state index contributed by atoms with van der Waals surface area (Å²) in [5, 5.41) is 3.53. The van der Waals surface area contributed by atoms with E-state index in [1.165, 1.54) is 44.4 Å². The first-order chi connectivity index (χ1) is 9.81. The summed E-state index contributed by atoms with van der Waals surface area (Å²) in [5.41, 5.74) is 2.23. The highest BCUT2D eigenvalue weighted by Gasteiger charge is 2.51. The minimum atomic E-state index is 0.598. The van der Waals surface area contributed by atoms with Crippen molar-refractivity contribution >= 4 is 11.8 Å². The SMILES string of the molecule is CNCC1(CC2CSc3ccccc32)CC2CCC1C2. The van der Waals surface area contributed by atoms with Crippen LogP contribution in [0.4, 0.5) is 0 Å². The van der Waals surface area contributed by atoms with Crippen molar-refractivity contribution in [2.24, 2.45) is 17.3 Å². The van der Waals surface area contributed by atoms with Gasteiger partial charge in [-0.25, -0.2) is 0 Å². The molecule has 0 amide bonds. The van der Waals surface area contributed by atoms with Crippen molar-refractivity contribution in [3.05, 3.63) is 29.8 Å². The second-order valence-corrected chi connectivity index (χ2v) is 8.28. The number of thioether (sulfide) groups is 1. The minimum Gasteiger partial charge on any atom is -0.319 e. The van der Waals surface area contributed by atoms with Gasteiger partial charge in [0.2, 0.25) is 0 Å². The van der Waals surface area contributed by atoms with E-state index >= 15 is 0 Å². The van der Waals surface area contributed by atoms with E-state index in [2.05, 4.69) is 48.4 Å². The Morgan fingerprint density at radius 1 is 1.30 bits per heavy atom. The van der Waals surface area contributed by atoms with Crippen molar-refractivity contribution in [1.82, 2.24) is 5.32 Å².